The van der Waals surface area contributed by atoms with Crippen LogP contribution in [0.4, 0.5) is 0 Å². The number of hydrogen-bond donors (Lipinski definition) is 11. The predicted octanol–water partition coefficient (Wildman–Crippen LogP) is -8.14. The first-order valence-corrected chi connectivity index (χ1v) is 22.0. The van der Waals surface area contributed by atoms with Crippen molar-refractivity contribution in [2.24, 2.45) is 5.11 Å². The Morgan fingerprint density at radius 1 is 0.913 bits per heavy atom. The van der Waals surface area contributed by atoms with Crippen molar-refractivity contribution in [2.45, 2.75) is 118 Å². The van der Waals surface area contributed by atoms with Gasteiger partial charge in [-0.2, -0.15) is 0 Å². The number of amides is 3. The van der Waals surface area contributed by atoms with Crippen LogP contribution in [0.25, 0.3) is 20.9 Å². The average Bonchev–Trinajstić information content (AvgIpc) is 3.82. The third kappa shape index (κ3) is 13.2. The van der Waals surface area contributed by atoms with Gasteiger partial charge in [0, 0.05) is 43.1 Å². The molecule has 3 amide bonds. The molecule has 4 aliphatic rings. The van der Waals surface area contributed by atoms with E-state index in [2.05, 4.69) is 26.0 Å². The summed E-state index contributed by atoms with van der Waals surface area (Å²) in [4.78, 5) is 54.2. The summed E-state index contributed by atoms with van der Waals surface area (Å²) in [5, 5.41) is 112. The fourth-order valence-corrected chi connectivity index (χ4v) is 8.97. The van der Waals surface area contributed by atoms with E-state index in [0.717, 1.165) is 30.7 Å². The van der Waals surface area contributed by atoms with Crippen LogP contribution in [-0.4, -0.2) is 208 Å². The Morgan fingerprint density at radius 3 is 2.23 bits per heavy atom. The molecular weight excluding hydrogens is 956 g/mol. The molecule has 4 aliphatic heterocycles. The van der Waals surface area contributed by atoms with Gasteiger partial charge in [0.05, 0.1) is 42.9 Å². The third-order valence-electron chi connectivity index (χ3n) is 11.3. The van der Waals surface area contributed by atoms with E-state index in [1.165, 1.54) is 6.07 Å². The van der Waals surface area contributed by atoms with Gasteiger partial charge in [-0.1, -0.05) is 5.11 Å². The molecule has 29 heteroatoms. The SMILES string of the molecule is CC(=O)N[C@H]1[C@H](OCCN=[N+]=[N-])O[C@H](CO)[C@@H](O[C@@H]2O[C@H](CO)[C@H](O)[C@H](O[C@]3(C(=O)[O-])C[C@H](O)[C@@H](NC(C)=O)[C@H]([C@H](O)[C@H](O)CNC(=O)c4ccc(-c5ccc6c(c5)OCCO6)s4)O3)[C@H]2O)[C@@H]1O.[Na+]. The Morgan fingerprint density at radius 2 is 1.58 bits per heavy atom. The first kappa shape index (κ1) is 56.1. The van der Waals surface area contributed by atoms with Crippen molar-refractivity contribution in [1.82, 2.24) is 16.0 Å². The smallest absolute Gasteiger partial charge is 0.544 e. The number of aliphatic hydroxyl groups is 8. The minimum atomic E-state index is -3.24. The minimum absolute atomic E-state index is 0. The van der Waals surface area contributed by atoms with Crippen molar-refractivity contribution in [3.8, 4) is 21.9 Å². The Hall–Kier alpha value is -3.85. The number of azide groups is 1. The van der Waals surface area contributed by atoms with Crippen LogP contribution in [0.5, 0.6) is 11.5 Å². The van der Waals surface area contributed by atoms with E-state index in [0.29, 0.717) is 29.6 Å². The molecule has 1 aromatic carbocycles. The Kier molecular flexibility index (Phi) is 20.3. The van der Waals surface area contributed by atoms with Crippen LogP contribution < -0.4 is 60.1 Å². The van der Waals surface area contributed by atoms with Gasteiger partial charge in [-0.15, -0.1) is 11.3 Å². The van der Waals surface area contributed by atoms with Gasteiger partial charge in [-0.25, -0.2) is 0 Å². The summed E-state index contributed by atoms with van der Waals surface area (Å²) in [7, 11) is 0. The Balaban J connectivity index is 0.00000888. The third-order valence-corrected chi connectivity index (χ3v) is 12.4. The number of rotatable bonds is 19. The second-order valence-electron chi connectivity index (χ2n) is 16.1. The molecule has 0 unspecified atom stereocenters. The number of carbonyl (C=O) groups excluding carboxylic acids is 4. The van der Waals surface area contributed by atoms with Crippen LogP contribution in [0.3, 0.4) is 0 Å². The molecule has 376 valence electrons. The largest absolute Gasteiger partial charge is 1.00 e. The van der Waals surface area contributed by atoms with Crippen molar-refractivity contribution in [3.63, 3.8) is 0 Å². The average molecular weight is 1010 g/mol. The second-order valence-corrected chi connectivity index (χ2v) is 17.2. The van der Waals surface area contributed by atoms with E-state index in [1.807, 2.05) is 0 Å². The first-order chi connectivity index (χ1) is 32.4. The van der Waals surface area contributed by atoms with Crippen LogP contribution in [0.1, 0.15) is 29.9 Å². The number of carboxylic acid groups (broad SMARTS) is 1. The summed E-state index contributed by atoms with van der Waals surface area (Å²) in [5.41, 5.74) is 9.31. The molecule has 6 rings (SSSR count). The fraction of sp³-hybridized carbons (Fsp3) is 0.650. The fourth-order valence-electron chi connectivity index (χ4n) is 8.05. The van der Waals surface area contributed by atoms with E-state index in [-0.39, 0.29) is 47.6 Å². The molecular formula is C40H53N6NaO21S. The first-order valence-electron chi connectivity index (χ1n) is 21.2. The van der Waals surface area contributed by atoms with Gasteiger partial charge in [0.2, 0.25) is 17.6 Å². The molecule has 2 aromatic rings. The quantitative estimate of drug-likeness (QED) is 0.0205. The number of thiophene rings is 1. The number of benzene rings is 1. The topological polar surface area (TPSA) is 412 Å². The minimum Gasteiger partial charge on any atom is -0.544 e. The molecule has 0 spiro atoms. The number of aliphatic hydroxyl groups excluding tert-OH is 8. The number of aliphatic carboxylic acids is 1. The molecule has 5 heterocycles. The molecule has 69 heavy (non-hydrogen) atoms. The molecule has 1 aromatic heterocycles. The van der Waals surface area contributed by atoms with Gasteiger partial charge >= 0.3 is 29.6 Å². The maximum atomic E-state index is 13.2. The maximum Gasteiger partial charge on any atom is 1.00 e. The number of ether oxygens (including phenoxy) is 8. The number of hydrogen-bond acceptors (Lipinski definition) is 23. The summed E-state index contributed by atoms with van der Waals surface area (Å²) in [6, 6.07) is 5.38. The van der Waals surface area contributed by atoms with Gasteiger partial charge in [0.25, 0.3) is 5.91 Å². The number of nitrogens with zero attached hydrogens (tertiary/aromatic N) is 3. The number of fused-ring (bicyclic) bond motifs is 1. The predicted molar refractivity (Wildman–Crippen MR) is 223 cm³/mol. The summed E-state index contributed by atoms with van der Waals surface area (Å²) in [6.07, 6.45) is -26.4. The zero-order chi connectivity index (χ0) is 49.4. The van der Waals surface area contributed by atoms with Gasteiger partial charge in [0.15, 0.2) is 24.1 Å². The van der Waals surface area contributed by atoms with Crippen LogP contribution in [0.15, 0.2) is 35.4 Å². The molecule has 0 saturated carbocycles. The standard InChI is InChI=1S/C40H54N6O21S.Na/c1-16(49)44-27-19(51)12-40(39(58)59,66-34(27)29(53)20(52)13-42-36(57)26-6-5-25(68-26)18-3-4-21-22(11-18)61-10-9-60-21)67-35-30(54)23(14-47)63-38(32(35)56)65-33-24(15-48)64-37(62-8-7-43-46-41)28(31(33)55)45-17(2)50;/h3-6,11,19-20,23-24,27-35,37-38,47-48,51-56H,7-10,12-15H2,1-2H3,(H,42,57)(H,44,49)(H,45,50)(H,58,59);/q;+1/p-1/t19-,20+,23+,24+,27+,28+,29+,30-,31+,32+,33+,34+,35-,37+,38-,40-;/m0./s1. The molecule has 0 radical (unpaired) electrons. The van der Waals surface area contributed by atoms with Crippen LogP contribution in [0.2, 0.25) is 0 Å². The van der Waals surface area contributed by atoms with Crippen molar-refractivity contribution in [3.05, 3.63) is 45.7 Å². The van der Waals surface area contributed by atoms with Gasteiger partial charge in [-0.05, 0) is 41.4 Å². The van der Waals surface area contributed by atoms with E-state index in [1.54, 1.807) is 24.3 Å². The molecule has 11 N–H and O–H groups in total. The van der Waals surface area contributed by atoms with Crippen molar-refractivity contribution in [2.75, 3.05) is 46.1 Å². The second kappa shape index (κ2) is 25.0. The molecule has 0 bridgehead atoms. The van der Waals surface area contributed by atoms with Crippen molar-refractivity contribution in [1.29, 1.82) is 0 Å². The Labute approximate surface area is 418 Å². The van der Waals surface area contributed by atoms with Gasteiger partial charge in [-0.3, -0.25) is 14.4 Å². The number of nitrogens with one attached hydrogen (secondary N) is 3. The molecule has 0 aliphatic carbocycles. The zero-order valence-electron chi connectivity index (χ0n) is 37.3. The van der Waals surface area contributed by atoms with E-state index < -0.39 is 147 Å². The van der Waals surface area contributed by atoms with Crippen LogP contribution in [0, 0.1) is 0 Å². The summed E-state index contributed by atoms with van der Waals surface area (Å²) in [5.74, 6) is -6.56. The Bertz CT molecular complexity index is 2140. The normalized spacial score (nSPS) is 32.8. The summed E-state index contributed by atoms with van der Waals surface area (Å²) in [6.45, 7) is -0.137. The van der Waals surface area contributed by atoms with E-state index in [9.17, 15) is 65.1 Å². The van der Waals surface area contributed by atoms with E-state index in [4.69, 9.17) is 43.4 Å². The van der Waals surface area contributed by atoms with Crippen molar-refractivity contribution >= 4 is 35.0 Å². The summed E-state index contributed by atoms with van der Waals surface area (Å²) >= 11 is 1.10. The number of carboxylic acids is 1. The zero-order valence-corrected chi connectivity index (χ0v) is 40.2. The maximum absolute atomic E-state index is 13.2. The van der Waals surface area contributed by atoms with Gasteiger partial charge < -0.3 is 105 Å². The monoisotopic (exact) mass is 1010 g/mol. The molecule has 16 atom stereocenters. The molecule has 27 nitrogen and oxygen atoms in total. The summed E-state index contributed by atoms with van der Waals surface area (Å²) < 4.78 is 45.4. The van der Waals surface area contributed by atoms with Gasteiger partial charge in [0.1, 0.15) is 80.2 Å². The van der Waals surface area contributed by atoms with E-state index >= 15 is 0 Å². The van der Waals surface area contributed by atoms with Crippen LogP contribution in [-0.2, 0) is 42.8 Å². The molecule has 3 fully saturated rings. The van der Waals surface area contributed by atoms with Crippen LogP contribution >= 0.6 is 11.3 Å². The number of carbonyl (C=O) groups is 4. The molecule has 3 saturated heterocycles. The van der Waals surface area contributed by atoms with Crippen molar-refractivity contribution < 1.29 is 133 Å².